The van der Waals surface area contributed by atoms with Gasteiger partial charge in [-0.25, -0.2) is 0 Å². The molecule has 1 heterocycles. The van der Waals surface area contributed by atoms with Crippen molar-refractivity contribution in [2.45, 2.75) is 12.1 Å². The summed E-state index contributed by atoms with van der Waals surface area (Å²) in [5.74, 6) is 0. The number of fused-ring (bicyclic) bond motifs is 1. The second kappa shape index (κ2) is 4.46. The van der Waals surface area contributed by atoms with Gasteiger partial charge >= 0.3 is 0 Å². The molecule has 0 bridgehead atoms. The lowest BCUT2D eigenvalue weighted by Gasteiger charge is -2.44. The molecule has 1 aromatic rings. The van der Waals surface area contributed by atoms with E-state index in [9.17, 15) is 10.4 Å². The monoisotopic (exact) mass is 226 g/mol. The van der Waals surface area contributed by atoms with Gasteiger partial charge < -0.3 is 30.8 Å². The Balaban J connectivity index is 2.46. The average Bonchev–Trinajstić information content (AvgIpc) is 2.33. The van der Waals surface area contributed by atoms with Crippen LogP contribution in [-0.4, -0.2) is 35.5 Å². The molecule has 16 heavy (non-hydrogen) atoms. The highest BCUT2D eigenvalue weighted by Gasteiger charge is 2.40. The van der Waals surface area contributed by atoms with E-state index >= 15 is 0 Å². The third-order valence-electron chi connectivity index (χ3n) is 3.01. The number of aliphatic hydroxyl groups excluding tert-OH is 2. The molecule has 0 aliphatic carbocycles. The largest absolute Gasteiger partial charge is 0.628 e. The molecule has 0 radical (unpaired) electrons. The first kappa shape index (κ1) is 11.5. The van der Waals surface area contributed by atoms with Gasteiger partial charge in [-0.15, -0.1) is 0 Å². The second-order valence-corrected chi connectivity index (χ2v) is 3.85. The summed E-state index contributed by atoms with van der Waals surface area (Å²) in [7, 11) is 0. The van der Waals surface area contributed by atoms with Gasteiger partial charge in [0, 0.05) is 12.1 Å². The maximum atomic E-state index is 11.9. The highest BCUT2D eigenvalue weighted by molar-refractivity contribution is 5.52. The van der Waals surface area contributed by atoms with E-state index < -0.39 is 25.3 Å². The summed E-state index contributed by atoms with van der Waals surface area (Å²) in [6.45, 7) is -0.825. The van der Waals surface area contributed by atoms with Gasteiger partial charge in [0.25, 0.3) is 0 Å². The number of nitrogens with one attached hydrogen (secondary N) is 2. The lowest BCUT2D eigenvalue weighted by molar-refractivity contribution is -0.914. The third kappa shape index (κ3) is 1.61. The van der Waals surface area contributed by atoms with Gasteiger partial charge in [0.2, 0.25) is 0 Å². The number of aliphatic hydroxyl groups is 2. The van der Waals surface area contributed by atoms with Crippen LogP contribution in [0.15, 0.2) is 24.3 Å². The van der Waals surface area contributed by atoms with Crippen molar-refractivity contribution in [2.75, 3.05) is 13.2 Å². The first-order chi connectivity index (χ1) is 7.70. The number of hydroxylamine groups is 2. The molecular weight excluding hydrogens is 212 g/mol. The molecule has 6 nitrogen and oxygen atoms in total. The summed E-state index contributed by atoms with van der Waals surface area (Å²) in [6.07, 6.45) is 0. The van der Waals surface area contributed by atoms with Crippen LogP contribution in [0.2, 0.25) is 0 Å². The zero-order valence-corrected chi connectivity index (χ0v) is 8.59. The van der Waals surface area contributed by atoms with E-state index in [2.05, 4.69) is 0 Å². The Kier molecular flexibility index (Phi) is 3.20. The predicted molar refractivity (Wildman–Crippen MR) is 56.2 cm³/mol. The second-order valence-electron chi connectivity index (χ2n) is 3.85. The quantitative estimate of drug-likeness (QED) is 0.417. The lowest BCUT2D eigenvalue weighted by atomic mass is 10.0. The van der Waals surface area contributed by atoms with Gasteiger partial charge in [0.1, 0.15) is 13.2 Å². The molecule has 0 spiro atoms. The minimum Gasteiger partial charge on any atom is -0.628 e. The van der Waals surface area contributed by atoms with Gasteiger partial charge in [-0.3, -0.25) is 0 Å². The smallest absolute Gasteiger partial charge is 0.193 e. The molecule has 0 saturated carbocycles. The fourth-order valence-corrected chi connectivity index (χ4v) is 2.10. The Morgan fingerprint density at radius 1 is 0.938 bits per heavy atom. The average molecular weight is 226 g/mol. The SMILES string of the molecule is [O-][NH+]1c2ccccc2[NH+]([O-])C(CO)C1CO. The highest BCUT2D eigenvalue weighted by Crippen LogP contribution is 2.16. The zero-order valence-electron chi connectivity index (χ0n) is 8.59. The summed E-state index contributed by atoms with van der Waals surface area (Å²) in [5, 5.41) is 41.6. The summed E-state index contributed by atoms with van der Waals surface area (Å²) in [5.41, 5.74) is 0.688. The van der Waals surface area contributed by atoms with Crippen LogP contribution in [0.5, 0.6) is 0 Å². The van der Waals surface area contributed by atoms with Crippen molar-refractivity contribution in [2.24, 2.45) is 0 Å². The molecule has 4 N–H and O–H groups in total. The molecule has 4 unspecified atom stereocenters. The molecular formula is C10H14N2O4. The Bertz CT molecular complexity index is 339. The maximum absolute atomic E-state index is 11.9. The summed E-state index contributed by atoms with van der Waals surface area (Å²) in [4.78, 5) is 0. The minimum absolute atomic E-state index is 0.267. The molecule has 2 rings (SSSR count). The van der Waals surface area contributed by atoms with Crippen LogP contribution in [0.25, 0.3) is 0 Å². The maximum Gasteiger partial charge on any atom is 0.193 e. The molecule has 0 fully saturated rings. The van der Waals surface area contributed by atoms with Crippen LogP contribution in [0.4, 0.5) is 11.4 Å². The van der Waals surface area contributed by atoms with Crippen molar-refractivity contribution in [3.63, 3.8) is 0 Å². The number of hydrogen-bond acceptors (Lipinski definition) is 4. The molecule has 1 aliphatic heterocycles. The summed E-state index contributed by atoms with van der Waals surface area (Å²) < 4.78 is 0. The number of rotatable bonds is 2. The molecule has 0 saturated heterocycles. The van der Waals surface area contributed by atoms with E-state index in [1.54, 1.807) is 24.3 Å². The van der Waals surface area contributed by atoms with Crippen LogP contribution in [0.3, 0.4) is 0 Å². The zero-order chi connectivity index (χ0) is 11.7. The Labute approximate surface area is 92.5 Å². The van der Waals surface area contributed by atoms with Crippen LogP contribution >= 0.6 is 0 Å². The highest BCUT2D eigenvalue weighted by atomic mass is 16.5. The van der Waals surface area contributed by atoms with Crippen LogP contribution in [0.1, 0.15) is 0 Å². The van der Waals surface area contributed by atoms with Crippen LogP contribution < -0.4 is 10.1 Å². The molecule has 88 valence electrons. The molecule has 1 aromatic carbocycles. The van der Waals surface area contributed by atoms with Gasteiger partial charge in [0.15, 0.2) is 23.5 Å². The summed E-state index contributed by atoms with van der Waals surface area (Å²) >= 11 is 0. The Morgan fingerprint density at radius 3 is 1.62 bits per heavy atom. The Morgan fingerprint density at radius 2 is 1.31 bits per heavy atom. The lowest BCUT2D eigenvalue weighted by Crippen LogP contribution is -3.23. The molecule has 0 aromatic heterocycles. The van der Waals surface area contributed by atoms with E-state index in [1.807, 2.05) is 0 Å². The first-order valence-corrected chi connectivity index (χ1v) is 5.10. The van der Waals surface area contributed by atoms with Gasteiger partial charge in [0.05, 0.1) is 0 Å². The van der Waals surface area contributed by atoms with E-state index in [1.165, 1.54) is 0 Å². The van der Waals surface area contributed by atoms with Crippen LogP contribution in [-0.2, 0) is 0 Å². The third-order valence-corrected chi connectivity index (χ3v) is 3.01. The molecule has 1 aliphatic rings. The Hall–Kier alpha value is -1.02. The van der Waals surface area contributed by atoms with Crippen LogP contribution in [0, 0.1) is 10.4 Å². The summed E-state index contributed by atoms with van der Waals surface area (Å²) in [6, 6.07) is 4.88. The number of benzene rings is 1. The number of hydrogen-bond donors (Lipinski definition) is 4. The first-order valence-electron chi connectivity index (χ1n) is 5.10. The van der Waals surface area contributed by atoms with E-state index in [0.717, 1.165) is 0 Å². The fourth-order valence-electron chi connectivity index (χ4n) is 2.10. The van der Waals surface area contributed by atoms with Crippen molar-refractivity contribution in [1.82, 2.24) is 0 Å². The van der Waals surface area contributed by atoms with Crippen molar-refractivity contribution in [3.05, 3.63) is 34.7 Å². The topological polar surface area (TPSA) is 95.5 Å². The molecule has 6 heteroatoms. The number of quaternary nitrogens is 2. The normalized spacial score (nSPS) is 33.5. The molecule has 0 amide bonds. The van der Waals surface area contributed by atoms with Crippen molar-refractivity contribution >= 4 is 11.4 Å². The van der Waals surface area contributed by atoms with Gasteiger partial charge in [-0.2, -0.15) is 0 Å². The van der Waals surface area contributed by atoms with E-state index in [-0.39, 0.29) is 10.1 Å². The van der Waals surface area contributed by atoms with Crippen molar-refractivity contribution < 1.29 is 20.3 Å². The van der Waals surface area contributed by atoms with Crippen molar-refractivity contribution in [3.8, 4) is 0 Å². The van der Waals surface area contributed by atoms with Gasteiger partial charge in [-0.05, 0) is 0 Å². The van der Waals surface area contributed by atoms with Crippen molar-refractivity contribution in [1.29, 1.82) is 0 Å². The fraction of sp³-hybridized carbons (Fsp3) is 0.400. The van der Waals surface area contributed by atoms with Gasteiger partial charge in [-0.1, -0.05) is 12.1 Å². The predicted octanol–water partition coefficient (Wildman–Crippen LogP) is -2.55. The standard InChI is InChI=1S/C10H14N2O4/c13-5-9-10(6-14)12(16)8-4-2-1-3-7(8)11(9)15/h1-4,9-14H,5-6H2. The van der Waals surface area contributed by atoms with E-state index in [0.29, 0.717) is 11.4 Å². The minimum atomic E-state index is -0.813. The molecule has 4 atom stereocenters. The number of para-hydroxylation sites is 2. The van der Waals surface area contributed by atoms with E-state index in [4.69, 9.17) is 10.2 Å².